The third-order valence-corrected chi connectivity index (χ3v) is 5.06. The Morgan fingerprint density at radius 2 is 2.04 bits per heavy atom. The monoisotopic (exact) mass is 411 g/mol. The van der Waals surface area contributed by atoms with Gasteiger partial charge in [-0.3, -0.25) is 4.79 Å². The number of amides is 1. The van der Waals surface area contributed by atoms with Gasteiger partial charge in [-0.25, -0.2) is 0 Å². The lowest BCUT2D eigenvalue weighted by atomic mass is 9.96. The molecule has 0 atom stereocenters. The number of hydrogen-bond donors (Lipinski definition) is 0. The van der Waals surface area contributed by atoms with Crippen LogP contribution in [0.25, 0.3) is 0 Å². The molecule has 7 heteroatoms. The van der Waals surface area contributed by atoms with E-state index in [0.717, 1.165) is 17.3 Å². The van der Waals surface area contributed by atoms with Crippen LogP contribution in [0, 0.1) is 0 Å². The molecule has 1 saturated heterocycles. The maximum atomic E-state index is 12.7. The minimum atomic E-state index is -0.0341. The van der Waals surface area contributed by atoms with Gasteiger partial charge in [0.15, 0.2) is 0 Å². The highest BCUT2D eigenvalue weighted by atomic mass is 79.9. The van der Waals surface area contributed by atoms with E-state index in [0.29, 0.717) is 35.5 Å². The van der Waals surface area contributed by atoms with Gasteiger partial charge in [-0.1, -0.05) is 41.4 Å². The van der Waals surface area contributed by atoms with Gasteiger partial charge in [0.2, 0.25) is 11.8 Å². The molecule has 2 aromatic rings. The summed E-state index contributed by atoms with van der Waals surface area (Å²) in [4.78, 5) is 14.5. The first-order valence-electron chi connectivity index (χ1n) is 8.03. The van der Waals surface area contributed by atoms with E-state index in [2.05, 4.69) is 26.1 Å². The Bertz CT molecular complexity index is 739. The number of halogens is 2. The molecule has 0 bridgehead atoms. The van der Waals surface area contributed by atoms with Crippen LogP contribution in [-0.2, 0) is 0 Å². The van der Waals surface area contributed by atoms with Crippen LogP contribution in [0.2, 0.25) is 5.02 Å². The van der Waals surface area contributed by atoms with Crippen molar-refractivity contribution in [3.63, 3.8) is 0 Å². The predicted molar refractivity (Wildman–Crippen MR) is 95.4 cm³/mol. The molecular formula is C17H19BrClN3O2. The first kappa shape index (κ1) is 17.4. The zero-order chi connectivity index (χ0) is 17.3. The number of carbonyl (C=O) groups excluding carboxylic acids is 1. The molecule has 1 amide bonds. The van der Waals surface area contributed by atoms with Crippen LogP contribution in [0.3, 0.4) is 0 Å². The third-order valence-electron chi connectivity index (χ3n) is 4.24. The summed E-state index contributed by atoms with van der Waals surface area (Å²) in [6.45, 7) is 5.37. The van der Waals surface area contributed by atoms with Gasteiger partial charge in [-0.05, 0) is 31.0 Å². The second-order valence-electron chi connectivity index (χ2n) is 6.32. The molecule has 5 nitrogen and oxygen atoms in total. The van der Waals surface area contributed by atoms with Crippen LogP contribution in [0.4, 0.5) is 0 Å². The van der Waals surface area contributed by atoms with E-state index in [1.807, 2.05) is 24.8 Å². The molecule has 1 aromatic carbocycles. The zero-order valence-corrected chi connectivity index (χ0v) is 16.0. The van der Waals surface area contributed by atoms with Crippen molar-refractivity contribution in [2.45, 2.75) is 38.5 Å². The summed E-state index contributed by atoms with van der Waals surface area (Å²) in [6.07, 6.45) is 1.63. The quantitative estimate of drug-likeness (QED) is 0.737. The van der Waals surface area contributed by atoms with Gasteiger partial charge in [-0.2, -0.15) is 0 Å². The van der Waals surface area contributed by atoms with Gasteiger partial charge < -0.3 is 9.32 Å². The summed E-state index contributed by atoms with van der Waals surface area (Å²) in [6, 6.07) is 5.33. The summed E-state index contributed by atoms with van der Waals surface area (Å²) >= 11 is 9.55. The van der Waals surface area contributed by atoms with Gasteiger partial charge in [0.05, 0.1) is 10.6 Å². The minimum absolute atomic E-state index is 0.0341. The lowest BCUT2D eigenvalue weighted by Crippen LogP contribution is -2.38. The Hall–Kier alpha value is -1.40. The molecule has 0 radical (unpaired) electrons. The van der Waals surface area contributed by atoms with Crippen LogP contribution in [-0.4, -0.2) is 34.1 Å². The number of nitrogens with zero attached hydrogens (tertiary/aromatic N) is 3. The number of likely N-dealkylation sites (tertiary alicyclic amines) is 1. The van der Waals surface area contributed by atoms with E-state index in [1.54, 1.807) is 12.1 Å². The Morgan fingerprint density at radius 1 is 1.33 bits per heavy atom. The number of carbonyl (C=O) groups is 1. The highest BCUT2D eigenvalue weighted by Crippen LogP contribution is 2.30. The molecule has 24 heavy (non-hydrogen) atoms. The Morgan fingerprint density at radius 3 is 2.67 bits per heavy atom. The summed E-state index contributed by atoms with van der Waals surface area (Å²) in [7, 11) is 0. The Labute approximate surface area is 154 Å². The number of benzene rings is 1. The molecular weight excluding hydrogens is 394 g/mol. The van der Waals surface area contributed by atoms with Crippen molar-refractivity contribution in [3.8, 4) is 0 Å². The Kier molecular flexibility index (Phi) is 5.25. The summed E-state index contributed by atoms with van der Waals surface area (Å²) in [5, 5.41) is 8.74. The molecule has 0 saturated carbocycles. The van der Waals surface area contributed by atoms with Gasteiger partial charge in [0, 0.05) is 29.4 Å². The van der Waals surface area contributed by atoms with E-state index in [4.69, 9.17) is 16.0 Å². The molecule has 128 valence electrons. The van der Waals surface area contributed by atoms with Crippen molar-refractivity contribution in [2.75, 3.05) is 13.1 Å². The fourth-order valence-electron chi connectivity index (χ4n) is 2.81. The number of aromatic nitrogens is 2. The van der Waals surface area contributed by atoms with Crippen LogP contribution < -0.4 is 0 Å². The Balaban J connectivity index is 1.66. The first-order valence-corrected chi connectivity index (χ1v) is 9.20. The molecule has 3 rings (SSSR count). The van der Waals surface area contributed by atoms with Crippen molar-refractivity contribution in [2.24, 2.45) is 0 Å². The molecule has 0 N–H and O–H groups in total. The maximum Gasteiger partial charge on any atom is 0.255 e. The van der Waals surface area contributed by atoms with Crippen LogP contribution >= 0.6 is 27.5 Å². The van der Waals surface area contributed by atoms with Crippen LogP contribution in [0.5, 0.6) is 0 Å². The highest BCUT2D eigenvalue weighted by Gasteiger charge is 2.28. The number of hydrogen-bond acceptors (Lipinski definition) is 4. The summed E-state index contributed by atoms with van der Waals surface area (Å²) in [5.41, 5.74) is 0.532. The lowest BCUT2D eigenvalue weighted by Gasteiger charge is -2.30. The number of rotatable bonds is 3. The van der Waals surface area contributed by atoms with Crippen molar-refractivity contribution in [3.05, 3.63) is 45.0 Å². The third kappa shape index (κ3) is 3.64. The molecule has 0 unspecified atom stereocenters. The van der Waals surface area contributed by atoms with Crippen molar-refractivity contribution in [1.82, 2.24) is 15.1 Å². The first-order chi connectivity index (χ1) is 11.5. The molecule has 2 heterocycles. The van der Waals surface area contributed by atoms with Crippen molar-refractivity contribution >= 4 is 33.4 Å². The minimum Gasteiger partial charge on any atom is -0.425 e. The van der Waals surface area contributed by atoms with E-state index in [9.17, 15) is 4.79 Å². The molecule has 1 aliphatic heterocycles. The normalized spacial score (nSPS) is 16.0. The standard InChI is InChI=1S/C17H19BrClN3O2/c1-10(2)15-20-21-16(24-15)11-5-7-22(8-6-11)17(23)13-9-12(18)3-4-14(13)19/h3-4,9-11H,5-8H2,1-2H3. The molecule has 0 spiro atoms. The van der Waals surface area contributed by atoms with E-state index < -0.39 is 0 Å². The second kappa shape index (κ2) is 7.23. The number of piperidine rings is 1. The molecule has 0 aliphatic carbocycles. The largest absolute Gasteiger partial charge is 0.425 e. The fourth-order valence-corrected chi connectivity index (χ4v) is 3.37. The average Bonchev–Trinajstić information content (AvgIpc) is 3.07. The fraction of sp³-hybridized carbons (Fsp3) is 0.471. The van der Waals surface area contributed by atoms with E-state index >= 15 is 0 Å². The van der Waals surface area contributed by atoms with Gasteiger partial charge in [-0.15, -0.1) is 10.2 Å². The highest BCUT2D eigenvalue weighted by molar-refractivity contribution is 9.10. The van der Waals surface area contributed by atoms with Crippen LogP contribution in [0.15, 0.2) is 27.1 Å². The zero-order valence-electron chi connectivity index (χ0n) is 13.6. The van der Waals surface area contributed by atoms with Gasteiger partial charge >= 0.3 is 0 Å². The topological polar surface area (TPSA) is 59.2 Å². The predicted octanol–water partition coefficient (Wildman–Crippen LogP) is 4.63. The maximum absolute atomic E-state index is 12.7. The van der Waals surface area contributed by atoms with E-state index in [-0.39, 0.29) is 17.7 Å². The van der Waals surface area contributed by atoms with Crippen molar-refractivity contribution in [1.29, 1.82) is 0 Å². The second-order valence-corrected chi connectivity index (χ2v) is 7.65. The average molecular weight is 413 g/mol. The molecule has 1 fully saturated rings. The van der Waals surface area contributed by atoms with Gasteiger partial charge in [0.25, 0.3) is 5.91 Å². The smallest absolute Gasteiger partial charge is 0.255 e. The van der Waals surface area contributed by atoms with E-state index in [1.165, 1.54) is 0 Å². The van der Waals surface area contributed by atoms with Crippen LogP contribution in [0.1, 0.15) is 60.7 Å². The SMILES string of the molecule is CC(C)c1nnc(C2CCN(C(=O)c3cc(Br)ccc3Cl)CC2)o1. The summed E-state index contributed by atoms with van der Waals surface area (Å²) in [5.74, 6) is 1.77. The van der Waals surface area contributed by atoms with Gasteiger partial charge in [0.1, 0.15) is 0 Å². The lowest BCUT2D eigenvalue weighted by molar-refractivity contribution is 0.0706. The summed E-state index contributed by atoms with van der Waals surface area (Å²) < 4.78 is 6.59. The molecule has 1 aromatic heterocycles. The molecule has 1 aliphatic rings. The van der Waals surface area contributed by atoms with Crippen molar-refractivity contribution < 1.29 is 9.21 Å².